The van der Waals surface area contributed by atoms with Crippen LogP contribution < -0.4 is 5.32 Å². The van der Waals surface area contributed by atoms with Crippen molar-refractivity contribution in [3.8, 4) is 11.3 Å². The molecule has 0 saturated carbocycles. The summed E-state index contributed by atoms with van der Waals surface area (Å²) >= 11 is 6.27. The highest BCUT2D eigenvalue weighted by molar-refractivity contribution is 9.10. The highest BCUT2D eigenvalue weighted by Crippen LogP contribution is 2.27. The lowest BCUT2D eigenvalue weighted by Gasteiger charge is -2.09. The Morgan fingerprint density at radius 1 is 1.42 bits per heavy atom. The Labute approximate surface area is 168 Å². The van der Waals surface area contributed by atoms with Crippen LogP contribution in [0.2, 0.25) is 0 Å². The van der Waals surface area contributed by atoms with E-state index in [-0.39, 0.29) is 11.7 Å². The number of thioether (sulfide) groups is 1. The van der Waals surface area contributed by atoms with Crippen LogP contribution in [0, 0.1) is 6.92 Å². The van der Waals surface area contributed by atoms with Crippen LogP contribution in [0.15, 0.2) is 58.1 Å². The number of halogens is 1. The van der Waals surface area contributed by atoms with E-state index >= 15 is 0 Å². The third-order valence-corrected chi connectivity index (χ3v) is 5.86. The van der Waals surface area contributed by atoms with Gasteiger partial charge in [-0.3, -0.25) is 4.79 Å². The van der Waals surface area contributed by atoms with Crippen LogP contribution >= 0.6 is 39.0 Å². The van der Waals surface area contributed by atoms with Gasteiger partial charge in [0.1, 0.15) is 0 Å². The minimum atomic E-state index is -0.0947. The quantitative estimate of drug-likeness (QED) is 0.408. The van der Waals surface area contributed by atoms with E-state index in [4.69, 9.17) is 0 Å². The number of benzene rings is 1. The molecule has 1 aromatic carbocycles. The standard InChI is InChI=1S/C18H17BrN4OS2/c1-3-8-23-15(13-4-6-14(19)7-5-13)9-20-18(23)26-11-16(24)22-17-21-12(2)10-25-17/h3-7,9-10H,1,8,11H2,2H3,(H,21,22,24). The molecule has 134 valence electrons. The zero-order valence-electron chi connectivity index (χ0n) is 14.1. The zero-order chi connectivity index (χ0) is 18.5. The smallest absolute Gasteiger partial charge is 0.236 e. The first kappa shape index (κ1) is 18.9. The van der Waals surface area contributed by atoms with Crippen LogP contribution in [0.1, 0.15) is 5.69 Å². The molecule has 0 atom stereocenters. The predicted molar refractivity (Wildman–Crippen MR) is 112 cm³/mol. The monoisotopic (exact) mass is 448 g/mol. The summed E-state index contributed by atoms with van der Waals surface area (Å²) in [6.07, 6.45) is 3.66. The Morgan fingerprint density at radius 2 is 2.19 bits per heavy atom. The molecule has 3 aromatic rings. The maximum absolute atomic E-state index is 12.2. The van der Waals surface area contributed by atoms with Crippen LogP contribution in [0.4, 0.5) is 5.13 Å². The molecule has 3 rings (SSSR count). The van der Waals surface area contributed by atoms with Gasteiger partial charge in [-0.2, -0.15) is 0 Å². The third-order valence-electron chi connectivity index (χ3n) is 3.47. The summed E-state index contributed by atoms with van der Waals surface area (Å²) in [5, 5.41) is 6.13. The summed E-state index contributed by atoms with van der Waals surface area (Å²) in [5.74, 6) is 0.176. The topological polar surface area (TPSA) is 59.8 Å². The number of carbonyl (C=O) groups is 1. The molecule has 0 aliphatic rings. The minimum absolute atomic E-state index is 0.0947. The number of carbonyl (C=O) groups excluding carboxylic acids is 1. The van der Waals surface area contributed by atoms with Gasteiger partial charge in [-0.25, -0.2) is 9.97 Å². The molecular weight excluding hydrogens is 432 g/mol. The van der Waals surface area contributed by atoms with E-state index < -0.39 is 0 Å². The summed E-state index contributed by atoms with van der Waals surface area (Å²) < 4.78 is 3.08. The maximum atomic E-state index is 12.2. The van der Waals surface area contributed by atoms with E-state index in [9.17, 15) is 4.79 Å². The molecule has 0 bridgehead atoms. The second-order valence-electron chi connectivity index (χ2n) is 5.46. The Bertz CT molecular complexity index is 918. The van der Waals surface area contributed by atoms with Crippen LogP contribution in [-0.4, -0.2) is 26.2 Å². The first-order chi connectivity index (χ1) is 12.6. The number of imidazole rings is 1. The van der Waals surface area contributed by atoms with Crippen molar-refractivity contribution in [1.29, 1.82) is 0 Å². The second-order valence-corrected chi connectivity index (χ2v) is 8.18. The molecule has 0 aliphatic carbocycles. The molecule has 0 unspecified atom stereocenters. The van der Waals surface area contributed by atoms with Gasteiger partial charge in [0.2, 0.25) is 5.91 Å². The van der Waals surface area contributed by atoms with Gasteiger partial charge in [0.25, 0.3) is 0 Å². The molecule has 1 amide bonds. The van der Waals surface area contributed by atoms with Gasteiger partial charge in [-0.15, -0.1) is 17.9 Å². The number of aromatic nitrogens is 3. The molecule has 8 heteroatoms. The predicted octanol–water partition coefficient (Wildman–Crippen LogP) is 4.99. The largest absolute Gasteiger partial charge is 0.315 e. The Balaban J connectivity index is 1.72. The summed E-state index contributed by atoms with van der Waals surface area (Å²) in [7, 11) is 0. The van der Waals surface area contributed by atoms with E-state index in [1.54, 1.807) is 0 Å². The summed E-state index contributed by atoms with van der Waals surface area (Å²) in [6.45, 7) is 6.35. The molecule has 0 aliphatic heterocycles. The number of nitrogens with zero attached hydrogens (tertiary/aromatic N) is 3. The fourth-order valence-electron chi connectivity index (χ4n) is 2.33. The number of anilines is 1. The van der Waals surface area contributed by atoms with Crippen molar-refractivity contribution in [2.45, 2.75) is 18.6 Å². The van der Waals surface area contributed by atoms with Crippen molar-refractivity contribution in [1.82, 2.24) is 14.5 Å². The Kier molecular flexibility index (Phi) is 6.29. The second kappa shape index (κ2) is 8.66. The van der Waals surface area contributed by atoms with Gasteiger partial charge in [0.05, 0.1) is 23.3 Å². The molecule has 2 heterocycles. The van der Waals surface area contributed by atoms with E-state index in [1.165, 1.54) is 23.1 Å². The Hall–Kier alpha value is -1.90. The highest BCUT2D eigenvalue weighted by Gasteiger charge is 2.14. The van der Waals surface area contributed by atoms with Crippen molar-refractivity contribution >= 4 is 50.1 Å². The number of allylic oxidation sites excluding steroid dienone is 1. The first-order valence-electron chi connectivity index (χ1n) is 7.84. The molecule has 26 heavy (non-hydrogen) atoms. The number of thiazole rings is 1. The summed E-state index contributed by atoms with van der Waals surface area (Å²) in [6, 6.07) is 8.06. The number of nitrogens with one attached hydrogen (secondary N) is 1. The third kappa shape index (κ3) is 4.63. The molecular formula is C18H17BrN4OS2. The van der Waals surface area contributed by atoms with E-state index in [0.717, 1.165) is 26.6 Å². The molecule has 0 spiro atoms. The number of rotatable bonds is 7. The number of hydrogen-bond donors (Lipinski definition) is 1. The summed E-state index contributed by atoms with van der Waals surface area (Å²) in [4.78, 5) is 20.9. The number of amides is 1. The fraction of sp³-hybridized carbons (Fsp3) is 0.167. The normalized spacial score (nSPS) is 10.7. The van der Waals surface area contributed by atoms with Crippen molar-refractivity contribution in [2.24, 2.45) is 0 Å². The van der Waals surface area contributed by atoms with Gasteiger partial charge in [0.15, 0.2) is 10.3 Å². The lowest BCUT2D eigenvalue weighted by molar-refractivity contribution is -0.113. The highest BCUT2D eigenvalue weighted by atomic mass is 79.9. The van der Waals surface area contributed by atoms with Gasteiger partial charge in [-0.05, 0) is 24.6 Å². The van der Waals surface area contributed by atoms with Crippen molar-refractivity contribution in [3.63, 3.8) is 0 Å². The molecule has 0 saturated heterocycles. The molecule has 2 aromatic heterocycles. The molecule has 0 radical (unpaired) electrons. The van der Waals surface area contributed by atoms with Crippen LogP contribution in [0.3, 0.4) is 0 Å². The van der Waals surface area contributed by atoms with E-state index in [1.807, 2.05) is 48.8 Å². The fourth-order valence-corrected chi connectivity index (χ4v) is 4.08. The van der Waals surface area contributed by atoms with Crippen LogP contribution in [0.5, 0.6) is 0 Å². The summed E-state index contributed by atoms with van der Waals surface area (Å²) in [5.41, 5.74) is 2.96. The van der Waals surface area contributed by atoms with E-state index in [0.29, 0.717) is 11.7 Å². The minimum Gasteiger partial charge on any atom is -0.315 e. The average molecular weight is 449 g/mol. The van der Waals surface area contributed by atoms with Crippen LogP contribution in [-0.2, 0) is 11.3 Å². The van der Waals surface area contributed by atoms with Gasteiger partial charge < -0.3 is 9.88 Å². The lowest BCUT2D eigenvalue weighted by atomic mass is 10.2. The zero-order valence-corrected chi connectivity index (χ0v) is 17.3. The SMILES string of the molecule is C=CCn1c(-c2ccc(Br)cc2)cnc1SCC(=O)Nc1nc(C)cs1. The van der Waals surface area contributed by atoms with E-state index in [2.05, 4.69) is 42.4 Å². The van der Waals surface area contributed by atoms with Crippen molar-refractivity contribution in [2.75, 3.05) is 11.1 Å². The maximum Gasteiger partial charge on any atom is 0.236 e. The van der Waals surface area contributed by atoms with Gasteiger partial charge in [-0.1, -0.05) is 45.9 Å². The van der Waals surface area contributed by atoms with Crippen LogP contribution in [0.25, 0.3) is 11.3 Å². The van der Waals surface area contributed by atoms with Gasteiger partial charge >= 0.3 is 0 Å². The number of aryl methyl sites for hydroxylation is 1. The average Bonchev–Trinajstić information content (AvgIpc) is 3.20. The lowest BCUT2D eigenvalue weighted by Crippen LogP contribution is -2.14. The Morgan fingerprint density at radius 3 is 2.85 bits per heavy atom. The van der Waals surface area contributed by atoms with Crippen molar-refractivity contribution < 1.29 is 4.79 Å². The van der Waals surface area contributed by atoms with Gasteiger partial charge in [0, 0.05) is 16.4 Å². The number of hydrogen-bond acceptors (Lipinski definition) is 5. The molecule has 0 fully saturated rings. The molecule has 5 nitrogen and oxygen atoms in total. The molecule has 1 N–H and O–H groups in total. The van der Waals surface area contributed by atoms with Crippen molar-refractivity contribution in [3.05, 3.63) is 58.7 Å². The first-order valence-corrected chi connectivity index (χ1v) is 10.5.